The standard InChI is InChI=1S/C28H22ClFN2O3S/c29-21-7-1-18(2-8-21)25(34)16-36-27-26(19-5-11-24(33)12-6-19)32(28(27)35)23-9-3-17(4-10-23)20-13-22(30)15-31-14-20/h1-15,25-27,33-34H,16H2/t25-,26+,27+/m0/s1. The number of anilines is 1. The molecule has 0 bridgehead atoms. The molecule has 2 N–H and O–H groups in total. The highest BCUT2D eigenvalue weighted by molar-refractivity contribution is 8.00. The highest BCUT2D eigenvalue weighted by Gasteiger charge is 2.49. The van der Waals surface area contributed by atoms with Gasteiger partial charge >= 0.3 is 0 Å². The summed E-state index contributed by atoms with van der Waals surface area (Å²) < 4.78 is 13.6. The van der Waals surface area contributed by atoms with Gasteiger partial charge in [0, 0.05) is 28.2 Å². The zero-order valence-electron chi connectivity index (χ0n) is 19.0. The summed E-state index contributed by atoms with van der Waals surface area (Å²) in [4.78, 5) is 18.9. The van der Waals surface area contributed by atoms with Gasteiger partial charge in [-0.05, 0) is 59.2 Å². The lowest BCUT2D eigenvalue weighted by atomic mass is 9.92. The Morgan fingerprint density at radius 2 is 1.67 bits per heavy atom. The topological polar surface area (TPSA) is 73.7 Å². The lowest BCUT2D eigenvalue weighted by Crippen LogP contribution is -2.57. The van der Waals surface area contributed by atoms with Crippen LogP contribution in [0.15, 0.2) is 91.3 Å². The number of amides is 1. The van der Waals surface area contributed by atoms with Crippen molar-refractivity contribution in [2.24, 2.45) is 0 Å². The monoisotopic (exact) mass is 520 g/mol. The summed E-state index contributed by atoms with van der Waals surface area (Å²) in [6, 6.07) is 22.3. The molecule has 1 amide bonds. The molecule has 5 nitrogen and oxygen atoms in total. The fourth-order valence-corrected chi connectivity index (χ4v) is 5.69. The van der Waals surface area contributed by atoms with Crippen molar-refractivity contribution in [2.75, 3.05) is 10.7 Å². The molecule has 1 aromatic heterocycles. The smallest absolute Gasteiger partial charge is 0.243 e. The van der Waals surface area contributed by atoms with Crippen LogP contribution in [0.2, 0.25) is 5.02 Å². The molecule has 8 heteroatoms. The molecule has 0 radical (unpaired) electrons. The molecule has 0 unspecified atom stereocenters. The van der Waals surface area contributed by atoms with Crippen molar-refractivity contribution in [2.45, 2.75) is 17.4 Å². The molecule has 5 rings (SSSR count). The van der Waals surface area contributed by atoms with Crippen LogP contribution >= 0.6 is 23.4 Å². The lowest BCUT2D eigenvalue weighted by molar-refractivity contribution is -0.123. The van der Waals surface area contributed by atoms with E-state index in [9.17, 15) is 19.4 Å². The Labute approximate surface area is 217 Å². The van der Waals surface area contributed by atoms with Crippen LogP contribution in [0.5, 0.6) is 5.75 Å². The Balaban J connectivity index is 1.37. The van der Waals surface area contributed by atoms with E-state index in [1.807, 2.05) is 24.3 Å². The van der Waals surface area contributed by atoms with Crippen molar-refractivity contribution >= 4 is 35.0 Å². The van der Waals surface area contributed by atoms with Crippen LogP contribution in [0.1, 0.15) is 23.3 Å². The molecule has 3 aromatic carbocycles. The van der Waals surface area contributed by atoms with E-state index < -0.39 is 17.2 Å². The molecule has 36 heavy (non-hydrogen) atoms. The summed E-state index contributed by atoms with van der Waals surface area (Å²) in [6.07, 6.45) is 2.00. The molecule has 182 valence electrons. The molecule has 3 atom stereocenters. The number of aromatic nitrogens is 1. The molecule has 2 heterocycles. The minimum atomic E-state index is -0.742. The van der Waals surface area contributed by atoms with Gasteiger partial charge in [0.25, 0.3) is 0 Å². The third-order valence-corrected chi connectivity index (χ3v) is 7.73. The van der Waals surface area contributed by atoms with Gasteiger partial charge in [-0.25, -0.2) is 4.39 Å². The average Bonchev–Trinajstić information content (AvgIpc) is 2.88. The van der Waals surface area contributed by atoms with E-state index in [0.29, 0.717) is 22.0 Å². The second-order valence-corrected chi connectivity index (χ2v) is 10.1. The van der Waals surface area contributed by atoms with E-state index in [-0.39, 0.29) is 17.7 Å². The third kappa shape index (κ3) is 4.95. The fraction of sp³-hybridized carbons (Fsp3) is 0.143. The van der Waals surface area contributed by atoms with E-state index in [1.165, 1.54) is 17.8 Å². The van der Waals surface area contributed by atoms with Gasteiger partial charge in [0.15, 0.2) is 0 Å². The van der Waals surface area contributed by atoms with Gasteiger partial charge in [0.2, 0.25) is 5.91 Å². The predicted octanol–water partition coefficient (Wildman–Crippen LogP) is 6.17. The number of aliphatic hydroxyl groups excluding tert-OH is 1. The average molecular weight is 521 g/mol. The number of phenols is 1. The zero-order valence-corrected chi connectivity index (χ0v) is 20.5. The first-order valence-corrected chi connectivity index (χ1v) is 12.7. The number of aromatic hydroxyl groups is 1. The first-order valence-electron chi connectivity index (χ1n) is 11.3. The third-order valence-electron chi connectivity index (χ3n) is 6.15. The van der Waals surface area contributed by atoms with Gasteiger partial charge in [-0.2, -0.15) is 0 Å². The number of nitrogens with zero attached hydrogens (tertiary/aromatic N) is 2. The number of pyridine rings is 1. The Bertz CT molecular complexity index is 1370. The largest absolute Gasteiger partial charge is 0.508 e. The Kier molecular flexibility index (Phi) is 6.96. The Morgan fingerprint density at radius 3 is 2.33 bits per heavy atom. The maximum Gasteiger partial charge on any atom is 0.243 e. The van der Waals surface area contributed by atoms with Gasteiger partial charge in [-0.3, -0.25) is 9.78 Å². The quantitative estimate of drug-likeness (QED) is 0.285. The minimum absolute atomic E-state index is 0.0680. The maximum absolute atomic E-state index is 13.6. The number of benzene rings is 3. The number of rotatable bonds is 7. The summed E-state index contributed by atoms with van der Waals surface area (Å²) in [7, 11) is 0. The summed E-state index contributed by atoms with van der Waals surface area (Å²) in [6.45, 7) is 0. The molecule has 0 aliphatic carbocycles. The molecule has 0 spiro atoms. The van der Waals surface area contributed by atoms with Gasteiger partial charge in [-0.1, -0.05) is 48.0 Å². The molecule has 1 aliphatic rings. The molecular weight excluding hydrogens is 499 g/mol. The fourth-order valence-electron chi connectivity index (χ4n) is 4.27. The van der Waals surface area contributed by atoms with Gasteiger partial charge in [0.05, 0.1) is 18.3 Å². The van der Waals surface area contributed by atoms with Crippen LogP contribution in [0.4, 0.5) is 10.1 Å². The highest BCUT2D eigenvalue weighted by Crippen LogP contribution is 2.46. The summed E-state index contributed by atoms with van der Waals surface area (Å²) in [5.41, 5.74) is 3.76. The van der Waals surface area contributed by atoms with E-state index >= 15 is 0 Å². The van der Waals surface area contributed by atoms with Crippen molar-refractivity contribution < 1.29 is 19.4 Å². The normalized spacial score (nSPS) is 18.1. The van der Waals surface area contributed by atoms with Crippen LogP contribution < -0.4 is 4.90 Å². The van der Waals surface area contributed by atoms with Crippen LogP contribution in [0.25, 0.3) is 11.1 Å². The number of β-lactam (4-membered cyclic amide) rings is 1. The second-order valence-electron chi connectivity index (χ2n) is 8.50. The van der Waals surface area contributed by atoms with E-state index in [2.05, 4.69) is 4.98 Å². The predicted molar refractivity (Wildman–Crippen MR) is 141 cm³/mol. The number of hydrogen-bond acceptors (Lipinski definition) is 5. The summed E-state index contributed by atoms with van der Waals surface area (Å²) in [5, 5.41) is 20.6. The number of carbonyl (C=O) groups is 1. The van der Waals surface area contributed by atoms with E-state index in [4.69, 9.17) is 11.6 Å². The van der Waals surface area contributed by atoms with Crippen molar-refractivity contribution in [3.05, 3.63) is 113 Å². The Morgan fingerprint density at radius 1 is 0.972 bits per heavy atom. The lowest BCUT2D eigenvalue weighted by Gasteiger charge is -2.47. The van der Waals surface area contributed by atoms with Crippen LogP contribution in [-0.2, 0) is 4.79 Å². The molecular formula is C28H22ClFN2O3S. The van der Waals surface area contributed by atoms with Gasteiger partial charge in [0.1, 0.15) is 16.8 Å². The summed E-state index contributed by atoms with van der Waals surface area (Å²) >= 11 is 7.34. The molecule has 1 aliphatic heterocycles. The second kappa shape index (κ2) is 10.3. The first kappa shape index (κ1) is 24.3. The van der Waals surface area contributed by atoms with Crippen LogP contribution in [-0.4, -0.2) is 32.1 Å². The number of thioether (sulfide) groups is 1. The van der Waals surface area contributed by atoms with Crippen LogP contribution in [0, 0.1) is 5.82 Å². The minimum Gasteiger partial charge on any atom is -0.508 e. The molecule has 0 saturated carbocycles. The maximum atomic E-state index is 13.6. The first-order chi connectivity index (χ1) is 17.4. The van der Waals surface area contributed by atoms with Gasteiger partial charge in [-0.15, -0.1) is 11.8 Å². The number of halogens is 2. The van der Waals surface area contributed by atoms with Gasteiger partial charge < -0.3 is 15.1 Å². The number of hydrogen-bond donors (Lipinski definition) is 2. The Hall–Kier alpha value is -3.39. The molecule has 1 fully saturated rings. The number of carbonyl (C=O) groups excluding carboxylic acids is 1. The zero-order chi connectivity index (χ0) is 25.2. The van der Waals surface area contributed by atoms with E-state index in [0.717, 1.165) is 22.9 Å². The number of aliphatic hydroxyl groups is 1. The van der Waals surface area contributed by atoms with Crippen molar-refractivity contribution in [1.29, 1.82) is 0 Å². The van der Waals surface area contributed by atoms with E-state index in [1.54, 1.807) is 59.6 Å². The highest BCUT2D eigenvalue weighted by atomic mass is 35.5. The van der Waals surface area contributed by atoms with Crippen molar-refractivity contribution in [3.8, 4) is 16.9 Å². The molecule has 4 aromatic rings. The van der Waals surface area contributed by atoms with Crippen molar-refractivity contribution in [1.82, 2.24) is 4.98 Å². The number of phenolic OH excluding ortho intramolecular Hbond substituents is 1. The SMILES string of the molecule is O=C1[C@H](SC[C@H](O)c2ccc(Cl)cc2)[C@@H](c2ccc(O)cc2)N1c1ccc(-c2cncc(F)c2)cc1. The summed E-state index contributed by atoms with van der Waals surface area (Å²) in [5.74, 6) is 0.00173. The van der Waals surface area contributed by atoms with Crippen LogP contribution in [0.3, 0.4) is 0 Å². The van der Waals surface area contributed by atoms with Crippen molar-refractivity contribution in [3.63, 3.8) is 0 Å². The molecule has 1 saturated heterocycles.